The van der Waals surface area contributed by atoms with Gasteiger partial charge in [0.05, 0.1) is 0 Å². The molecule has 1 aliphatic rings. The molecule has 1 fully saturated rings. The average Bonchev–Trinajstić information content (AvgIpc) is 2.82. The molecule has 0 bridgehead atoms. The van der Waals surface area contributed by atoms with Gasteiger partial charge in [-0.2, -0.15) is 0 Å². The van der Waals surface area contributed by atoms with Crippen LogP contribution in [0.1, 0.15) is 13.3 Å². The van der Waals surface area contributed by atoms with Gasteiger partial charge in [0, 0.05) is 13.1 Å². The van der Waals surface area contributed by atoms with Crippen molar-refractivity contribution in [2.24, 2.45) is 11.1 Å². The molecule has 0 saturated carbocycles. The number of nitrogens with two attached hydrogens (primary N) is 1. The number of alkyl halides is 3. The summed E-state index contributed by atoms with van der Waals surface area (Å²) < 4.78 is 45.5. The van der Waals surface area contributed by atoms with Gasteiger partial charge in [-0.25, -0.2) is 0 Å². The summed E-state index contributed by atoms with van der Waals surface area (Å²) in [6, 6.07) is 5.42. The molecule has 22 heavy (non-hydrogen) atoms. The maximum absolute atomic E-state index is 12.0. The fraction of sp³-hybridized carbons (Fsp3) is 0.600. The normalized spacial score (nSPS) is 22.8. The first kappa shape index (κ1) is 16.9. The fourth-order valence-electron chi connectivity index (χ4n) is 2.51. The number of benzene rings is 1. The van der Waals surface area contributed by atoms with Crippen molar-refractivity contribution in [2.45, 2.75) is 19.7 Å². The van der Waals surface area contributed by atoms with Crippen LogP contribution >= 0.6 is 0 Å². The average molecular weight is 318 g/mol. The Hall–Kier alpha value is -1.47. The molecule has 0 amide bonds. The van der Waals surface area contributed by atoms with Crippen molar-refractivity contribution in [3.8, 4) is 11.5 Å². The fourth-order valence-corrected chi connectivity index (χ4v) is 2.51. The predicted molar refractivity (Wildman–Crippen MR) is 76.8 cm³/mol. The van der Waals surface area contributed by atoms with Crippen molar-refractivity contribution in [2.75, 3.05) is 32.8 Å². The molecule has 2 N–H and O–H groups in total. The molecule has 0 aliphatic carbocycles. The lowest BCUT2D eigenvalue weighted by Gasteiger charge is -2.22. The standard InChI is InChI=1S/C15H21F3N2O2/c1-14(10-19)6-7-20(11-14)8-9-21-12-2-4-13(5-3-12)22-15(16,17)18/h2-5H,6-11,19H2,1H3. The first-order chi connectivity index (χ1) is 10.3. The Balaban J connectivity index is 1.74. The molecule has 1 aromatic rings. The maximum Gasteiger partial charge on any atom is 0.573 e. The van der Waals surface area contributed by atoms with Gasteiger partial charge in [0.2, 0.25) is 0 Å². The summed E-state index contributed by atoms with van der Waals surface area (Å²) >= 11 is 0. The lowest BCUT2D eigenvalue weighted by atomic mass is 9.90. The molecule has 1 saturated heterocycles. The van der Waals surface area contributed by atoms with E-state index in [-0.39, 0.29) is 11.2 Å². The van der Waals surface area contributed by atoms with Crippen molar-refractivity contribution in [1.29, 1.82) is 0 Å². The Labute approximate surface area is 128 Å². The molecule has 1 unspecified atom stereocenters. The van der Waals surface area contributed by atoms with E-state index in [1.54, 1.807) is 0 Å². The summed E-state index contributed by atoms with van der Waals surface area (Å²) in [7, 11) is 0. The zero-order valence-electron chi connectivity index (χ0n) is 12.5. The minimum Gasteiger partial charge on any atom is -0.492 e. The topological polar surface area (TPSA) is 47.7 Å². The van der Waals surface area contributed by atoms with Crippen LogP contribution in [0.5, 0.6) is 11.5 Å². The molecule has 0 aromatic heterocycles. The molecule has 1 aliphatic heterocycles. The van der Waals surface area contributed by atoms with Crippen LogP contribution in [0.25, 0.3) is 0 Å². The highest BCUT2D eigenvalue weighted by Crippen LogP contribution is 2.28. The van der Waals surface area contributed by atoms with Crippen LogP contribution in [0, 0.1) is 5.41 Å². The third-order valence-electron chi connectivity index (χ3n) is 3.86. The smallest absolute Gasteiger partial charge is 0.492 e. The van der Waals surface area contributed by atoms with E-state index in [9.17, 15) is 13.2 Å². The van der Waals surface area contributed by atoms with Gasteiger partial charge in [0.1, 0.15) is 18.1 Å². The van der Waals surface area contributed by atoms with E-state index in [2.05, 4.69) is 16.6 Å². The zero-order valence-corrected chi connectivity index (χ0v) is 12.5. The van der Waals surface area contributed by atoms with Crippen molar-refractivity contribution in [1.82, 2.24) is 4.90 Å². The van der Waals surface area contributed by atoms with Crippen LogP contribution in [-0.4, -0.2) is 44.0 Å². The highest BCUT2D eigenvalue weighted by atomic mass is 19.4. The van der Waals surface area contributed by atoms with Crippen LogP contribution in [-0.2, 0) is 0 Å². The second-order valence-electron chi connectivity index (χ2n) is 5.91. The number of ether oxygens (including phenoxy) is 2. The van der Waals surface area contributed by atoms with Gasteiger partial charge in [-0.15, -0.1) is 13.2 Å². The molecule has 1 aromatic carbocycles. The molecule has 2 rings (SSSR count). The minimum absolute atomic E-state index is 0.177. The number of halogens is 3. The Morgan fingerprint density at radius 1 is 1.23 bits per heavy atom. The van der Waals surface area contributed by atoms with Gasteiger partial charge in [-0.3, -0.25) is 4.90 Å². The number of rotatable bonds is 6. The largest absolute Gasteiger partial charge is 0.573 e. The molecule has 0 radical (unpaired) electrons. The molecule has 1 heterocycles. The predicted octanol–water partition coefficient (Wildman–Crippen LogP) is 2.63. The van der Waals surface area contributed by atoms with Crippen LogP contribution < -0.4 is 15.2 Å². The van der Waals surface area contributed by atoms with Gasteiger partial charge in [0.25, 0.3) is 0 Å². The first-order valence-corrected chi connectivity index (χ1v) is 7.21. The maximum atomic E-state index is 12.0. The van der Waals surface area contributed by atoms with E-state index < -0.39 is 6.36 Å². The molecule has 7 heteroatoms. The van der Waals surface area contributed by atoms with Crippen molar-refractivity contribution in [3.63, 3.8) is 0 Å². The third-order valence-corrected chi connectivity index (χ3v) is 3.86. The van der Waals surface area contributed by atoms with Crippen LogP contribution in [0.15, 0.2) is 24.3 Å². The molecule has 124 valence electrons. The summed E-state index contributed by atoms with van der Waals surface area (Å²) in [5.41, 5.74) is 5.94. The molecular weight excluding hydrogens is 297 g/mol. The monoisotopic (exact) mass is 318 g/mol. The summed E-state index contributed by atoms with van der Waals surface area (Å²) in [6.45, 7) is 6.05. The van der Waals surface area contributed by atoms with Gasteiger partial charge in [-0.05, 0) is 49.2 Å². The Kier molecular flexibility index (Phi) is 5.18. The number of hydrogen-bond donors (Lipinski definition) is 1. The molecular formula is C15H21F3N2O2. The second-order valence-corrected chi connectivity index (χ2v) is 5.91. The molecule has 0 spiro atoms. The van der Waals surface area contributed by atoms with E-state index in [0.29, 0.717) is 18.9 Å². The summed E-state index contributed by atoms with van der Waals surface area (Å²) in [5.74, 6) is 0.272. The summed E-state index contributed by atoms with van der Waals surface area (Å²) in [6.07, 6.45) is -3.60. The minimum atomic E-state index is -4.67. The zero-order chi connectivity index (χ0) is 16.2. The number of nitrogens with zero attached hydrogens (tertiary/aromatic N) is 1. The Morgan fingerprint density at radius 2 is 1.86 bits per heavy atom. The second kappa shape index (κ2) is 6.75. The molecule has 1 atom stereocenters. The van der Waals surface area contributed by atoms with E-state index in [1.807, 2.05) is 0 Å². The number of likely N-dealkylation sites (tertiary alicyclic amines) is 1. The SMILES string of the molecule is CC1(CN)CCN(CCOc2ccc(OC(F)(F)F)cc2)C1. The third kappa shape index (κ3) is 5.06. The Bertz CT molecular complexity index is 479. The van der Waals surface area contributed by atoms with E-state index in [1.165, 1.54) is 24.3 Å². The first-order valence-electron chi connectivity index (χ1n) is 7.21. The van der Waals surface area contributed by atoms with Crippen molar-refractivity contribution < 1.29 is 22.6 Å². The van der Waals surface area contributed by atoms with Crippen molar-refractivity contribution in [3.05, 3.63) is 24.3 Å². The number of hydrogen-bond acceptors (Lipinski definition) is 4. The van der Waals surface area contributed by atoms with Crippen LogP contribution in [0.3, 0.4) is 0 Å². The highest BCUT2D eigenvalue weighted by molar-refractivity contribution is 5.31. The lowest BCUT2D eigenvalue weighted by Crippen LogP contribution is -2.33. The van der Waals surface area contributed by atoms with Crippen LogP contribution in [0.2, 0.25) is 0 Å². The van der Waals surface area contributed by atoms with Gasteiger partial charge >= 0.3 is 6.36 Å². The van der Waals surface area contributed by atoms with Crippen molar-refractivity contribution >= 4 is 0 Å². The van der Waals surface area contributed by atoms with E-state index >= 15 is 0 Å². The van der Waals surface area contributed by atoms with Gasteiger partial charge in [-0.1, -0.05) is 6.92 Å². The van der Waals surface area contributed by atoms with Crippen LogP contribution in [0.4, 0.5) is 13.2 Å². The van der Waals surface area contributed by atoms with E-state index in [4.69, 9.17) is 10.5 Å². The molecule has 4 nitrogen and oxygen atoms in total. The van der Waals surface area contributed by atoms with E-state index in [0.717, 1.165) is 26.1 Å². The van der Waals surface area contributed by atoms with Gasteiger partial charge in [0.15, 0.2) is 0 Å². The van der Waals surface area contributed by atoms with Gasteiger partial charge < -0.3 is 15.2 Å². The summed E-state index contributed by atoms with van der Waals surface area (Å²) in [5, 5.41) is 0. The quantitative estimate of drug-likeness (QED) is 0.876. The highest BCUT2D eigenvalue weighted by Gasteiger charge is 2.32. The lowest BCUT2D eigenvalue weighted by molar-refractivity contribution is -0.274. The Morgan fingerprint density at radius 3 is 2.41 bits per heavy atom. The summed E-state index contributed by atoms with van der Waals surface area (Å²) in [4.78, 5) is 2.29.